The van der Waals surface area contributed by atoms with Gasteiger partial charge in [-0.1, -0.05) is 71.7 Å². The second kappa shape index (κ2) is 11.5. The van der Waals surface area contributed by atoms with Crippen LogP contribution in [0.4, 0.5) is 5.95 Å². The lowest BCUT2D eigenvalue weighted by molar-refractivity contribution is -0.139. The van der Waals surface area contributed by atoms with E-state index in [1.54, 1.807) is 48.5 Å². The summed E-state index contributed by atoms with van der Waals surface area (Å²) in [7, 11) is 0. The number of nitrogen functional groups attached to an aromatic ring is 1. The van der Waals surface area contributed by atoms with Gasteiger partial charge >= 0.3 is 5.97 Å². The highest BCUT2D eigenvalue weighted by molar-refractivity contribution is 7.09. The molecule has 0 saturated heterocycles. The lowest BCUT2D eigenvalue weighted by atomic mass is 9.99. The number of nitrogens with zero attached hydrogens (tertiary/aromatic N) is 2. The number of carbonyl (C=O) groups is 3. The van der Waals surface area contributed by atoms with Crippen LogP contribution in [0.5, 0.6) is 0 Å². The minimum absolute atomic E-state index is 0.0182. The number of aliphatic carboxylic acids is 1. The fourth-order valence-electron chi connectivity index (χ4n) is 3.64. The molecule has 11 heteroatoms. The summed E-state index contributed by atoms with van der Waals surface area (Å²) >= 11 is 13.3. The number of carboxylic acid groups (broad SMARTS) is 1. The molecule has 4 aromatic rings. The van der Waals surface area contributed by atoms with Crippen LogP contribution in [0.25, 0.3) is 10.6 Å². The molecule has 0 unspecified atom stereocenters. The maximum atomic E-state index is 12.9. The third-order valence-corrected chi connectivity index (χ3v) is 6.90. The molecule has 0 aliphatic heterocycles. The predicted molar refractivity (Wildman–Crippen MR) is 143 cm³/mol. The predicted octanol–water partition coefficient (Wildman–Crippen LogP) is 4.95. The van der Waals surface area contributed by atoms with Gasteiger partial charge in [-0.2, -0.15) is 9.36 Å². The van der Waals surface area contributed by atoms with E-state index in [9.17, 15) is 19.5 Å². The molecule has 4 N–H and O–H groups in total. The molecular weight excluding hydrogens is 535 g/mol. The average molecular weight is 555 g/mol. The third kappa shape index (κ3) is 6.51. The van der Waals surface area contributed by atoms with Crippen LogP contribution in [-0.2, 0) is 17.6 Å². The average Bonchev–Trinajstić information content (AvgIpc) is 3.31. The van der Waals surface area contributed by atoms with Gasteiger partial charge in [-0.3, -0.25) is 9.59 Å². The molecule has 1 aromatic heterocycles. The lowest BCUT2D eigenvalue weighted by Crippen LogP contribution is -2.42. The molecule has 0 saturated carbocycles. The number of ketones is 1. The highest BCUT2D eigenvalue weighted by Crippen LogP contribution is 2.25. The molecule has 0 aliphatic rings. The highest BCUT2D eigenvalue weighted by atomic mass is 35.5. The molecule has 1 atom stereocenters. The number of halogens is 2. The second-order valence-electron chi connectivity index (χ2n) is 8.12. The van der Waals surface area contributed by atoms with E-state index < -0.39 is 17.9 Å². The van der Waals surface area contributed by atoms with E-state index in [1.807, 2.05) is 6.07 Å². The molecule has 0 aliphatic carbocycles. The summed E-state index contributed by atoms with van der Waals surface area (Å²) in [6.45, 7) is 0. The number of hydrogen-bond donors (Lipinski definition) is 3. The minimum Gasteiger partial charge on any atom is -0.480 e. The number of rotatable bonds is 9. The maximum Gasteiger partial charge on any atom is 0.326 e. The Morgan fingerprint density at radius 2 is 1.62 bits per heavy atom. The van der Waals surface area contributed by atoms with Crippen molar-refractivity contribution in [1.82, 2.24) is 14.7 Å². The molecule has 1 heterocycles. The molecule has 1 amide bonds. The first-order valence-corrected chi connectivity index (χ1v) is 12.5. The molecule has 37 heavy (non-hydrogen) atoms. The van der Waals surface area contributed by atoms with E-state index >= 15 is 0 Å². The molecule has 0 radical (unpaired) electrons. The number of amides is 1. The van der Waals surface area contributed by atoms with Crippen molar-refractivity contribution in [2.24, 2.45) is 0 Å². The first-order chi connectivity index (χ1) is 17.7. The molecule has 4 rings (SSSR count). The monoisotopic (exact) mass is 554 g/mol. The number of aromatic nitrogens is 2. The van der Waals surface area contributed by atoms with Gasteiger partial charge in [-0.15, -0.1) is 0 Å². The Balaban J connectivity index is 1.41. The molecule has 0 fully saturated rings. The number of benzene rings is 3. The fourth-order valence-corrected chi connectivity index (χ4v) is 4.80. The topological polar surface area (TPSA) is 135 Å². The van der Waals surface area contributed by atoms with Crippen LogP contribution >= 0.6 is 34.7 Å². The summed E-state index contributed by atoms with van der Waals surface area (Å²) in [5.74, 6) is -1.77. The van der Waals surface area contributed by atoms with E-state index in [2.05, 4.69) is 14.7 Å². The van der Waals surface area contributed by atoms with Crippen molar-refractivity contribution in [3.05, 3.63) is 99.0 Å². The zero-order chi connectivity index (χ0) is 26.5. The standard InChI is InChI=1S/C26H20Cl2N4O4S/c27-18-5-2-6-19(28)22(18)23(34)30-20(25(35)36)11-14-7-9-15(10-8-14)12-21(33)16-3-1-4-17(13-16)24-31-26(29)32-37-24/h1-10,13,20H,11-12H2,(H2,29,32)(H,30,34)(H,35,36)/t20-/m0/s1. The molecule has 0 spiro atoms. The van der Waals surface area contributed by atoms with E-state index in [4.69, 9.17) is 28.9 Å². The maximum absolute atomic E-state index is 12.9. The number of Topliss-reactive ketones (excluding diaryl/α,β-unsaturated/α-hetero) is 1. The normalized spacial score (nSPS) is 11.6. The first kappa shape index (κ1) is 26.3. The molecule has 0 bridgehead atoms. The van der Waals surface area contributed by atoms with Crippen LogP contribution < -0.4 is 11.1 Å². The Morgan fingerprint density at radius 1 is 0.973 bits per heavy atom. The first-order valence-electron chi connectivity index (χ1n) is 11.0. The smallest absolute Gasteiger partial charge is 0.326 e. The van der Waals surface area contributed by atoms with E-state index in [1.165, 1.54) is 12.1 Å². The van der Waals surface area contributed by atoms with Gasteiger partial charge in [-0.05, 0) is 40.9 Å². The van der Waals surface area contributed by atoms with Crippen LogP contribution in [-0.4, -0.2) is 38.2 Å². The largest absolute Gasteiger partial charge is 0.480 e. The van der Waals surface area contributed by atoms with Crippen LogP contribution in [0.1, 0.15) is 31.8 Å². The number of anilines is 1. The van der Waals surface area contributed by atoms with Gasteiger partial charge < -0.3 is 16.2 Å². The van der Waals surface area contributed by atoms with Crippen molar-refractivity contribution in [3.63, 3.8) is 0 Å². The number of carboxylic acids is 1. The highest BCUT2D eigenvalue weighted by Gasteiger charge is 2.24. The Morgan fingerprint density at radius 3 is 2.24 bits per heavy atom. The van der Waals surface area contributed by atoms with Crippen LogP contribution in [0, 0.1) is 0 Å². The number of hydrogen-bond acceptors (Lipinski definition) is 7. The van der Waals surface area contributed by atoms with Crippen LogP contribution in [0.2, 0.25) is 10.0 Å². The number of nitrogens with two attached hydrogens (primary N) is 1. The van der Waals surface area contributed by atoms with Crippen molar-refractivity contribution in [2.45, 2.75) is 18.9 Å². The minimum atomic E-state index is -1.20. The summed E-state index contributed by atoms with van der Waals surface area (Å²) < 4.78 is 3.97. The zero-order valence-electron chi connectivity index (χ0n) is 19.2. The van der Waals surface area contributed by atoms with Crippen molar-refractivity contribution in [2.75, 3.05) is 5.73 Å². The van der Waals surface area contributed by atoms with Crippen molar-refractivity contribution in [3.8, 4) is 10.6 Å². The SMILES string of the molecule is Nc1nsc(-c2cccc(C(=O)Cc3ccc(C[C@H](NC(=O)c4c(Cl)cccc4Cl)C(=O)O)cc3)c2)n1. The molecular formula is C26H20Cl2N4O4S. The fraction of sp³-hybridized carbons (Fsp3) is 0.115. The number of carbonyl (C=O) groups excluding carboxylic acids is 2. The van der Waals surface area contributed by atoms with Gasteiger partial charge in [0.2, 0.25) is 5.95 Å². The summed E-state index contributed by atoms with van der Waals surface area (Å²) in [5, 5.41) is 13.0. The second-order valence-corrected chi connectivity index (χ2v) is 9.69. The van der Waals surface area contributed by atoms with Gasteiger partial charge in [0.1, 0.15) is 11.0 Å². The Labute approximate surface area is 226 Å². The van der Waals surface area contributed by atoms with Crippen molar-refractivity contribution >= 4 is 58.3 Å². The zero-order valence-corrected chi connectivity index (χ0v) is 21.5. The van der Waals surface area contributed by atoms with Gasteiger partial charge in [-0.25, -0.2) is 4.79 Å². The van der Waals surface area contributed by atoms with Gasteiger partial charge in [0, 0.05) is 24.0 Å². The Hall–Kier alpha value is -3.79. The van der Waals surface area contributed by atoms with Gasteiger partial charge in [0.25, 0.3) is 5.91 Å². The number of nitrogens with one attached hydrogen (secondary N) is 1. The van der Waals surface area contributed by atoms with E-state index in [-0.39, 0.29) is 40.2 Å². The molecule has 8 nitrogen and oxygen atoms in total. The van der Waals surface area contributed by atoms with Crippen LogP contribution in [0.3, 0.4) is 0 Å². The van der Waals surface area contributed by atoms with E-state index in [0.717, 1.165) is 22.7 Å². The Kier molecular flexibility index (Phi) is 8.17. The van der Waals surface area contributed by atoms with Gasteiger partial charge in [0.05, 0.1) is 15.6 Å². The quantitative estimate of drug-likeness (QED) is 0.249. The van der Waals surface area contributed by atoms with Crippen molar-refractivity contribution in [1.29, 1.82) is 0 Å². The van der Waals surface area contributed by atoms with Gasteiger partial charge in [0.15, 0.2) is 5.78 Å². The van der Waals surface area contributed by atoms with E-state index in [0.29, 0.717) is 16.1 Å². The molecule has 188 valence electrons. The summed E-state index contributed by atoms with van der Waals surface area (Å²) in [6.07, 6.45) is 0.191. The lowest BCUT2D eigenvalue weighted by Gasteiger charge is -2.16. The summed E-state index contributed by atoms with van der Waals surface area (Å²) in [6, 6.07) is 17.5. The summed E-state index contributed by atoms with van der Waals surface area (Å²) in [5.41, 5.74) is 8.34. The van der Waals surface area contributed by atoms with Crippen molar-refractivity contribution < 1.29 is 19.5 Å². The third-order valence-electron chi connectivity index (χ3n) is 5.49. The molecule has 3 aromatic carbocycles. The Bertz CT molecular complexity index is 1450. The summed E-state index contributed by atoms with van der Waals surface area (Å²) in [4.78, 5) is 41.4. The van der Waals surface area contributed by atoms with Crippen LogP contribution in [0.15, 0.2) is 66.7 Å².